The maximum Gasteiger partial charge on any atom is 0.266 e. The van der Waals surface area contributed by atoms with Gasteiger partial charge >= 0.3 is 0 Å². The number of nitrogens with one attached hydrogen (secondary N) is 1. The topological polar surface area (TPSA) is 74.6 Å². The van der Waals surface area contributed by atoms with E-state index in [1.807, 2.05) is 6.07 Å². The lowest BCUT2D eigenvalue weighted by Gasteiger charge is -2.26. The molecule has 1 aliphatic rings. The molecule has 17 heavy (non-hydrogen) atoms. The molecule has 1 amide bonds. The number of carbonyl (C=O) groups is 1. The van der Waals surface area contributed by atoms with E-state index in [2.05, 4.69) is 5.32 Å². The van der Waals surface area contributed by atoms with E-state index in [1.54, 1.807) is 12.0 Å². The number of nitriles is 1. The highest BCUT2D eigenvalue weighted by molar-refractivity contribution is 5.97. The standard InChI is InChI=1S/C11H17N3O3/c1-16-5-2-13-9-10(8-12)11(15)14-3-6-17-7-4-14/h9,13H,2-7H2,1H3/b10-9-. The van der Waals surface area contributed by atoms with E-state index < -0.39 is 0 Å². The average Bonchev–Trinajstić information content (AvgIpc) is 2.39. The Hall–Kier alpha value is -1.58. The first-order valence-electron chi connectivity index (χ1n) is 5.49. The maximum absolute atomic E-state index is 11.9. The quantitative estimate of drug-likeness (QED) is 0.397. The Bertz CT molecular complexity index is 316. The van der Waals surface area contributed by atoms with E-state index in [0.717, 1.165) is 0 Å². The second kappa shape index (κ2) is 7.65. The molecule has 1 saturated heterocycles. The first-order chi connectivity index (χ1) is 8.29. The molecule has 1 N–H and O–H groups in total. The van der Waals surface area contributed by atoms with Gasteiger partial charge in [0.1, 0.15) is 11.6 Å². The van der Waals surface area contributed by atoms with Gasteiger partial charge in [-0.25, -0.2) is 0 Å². The Balaban J connectivity index is 2.48. The van der Waals surface area contributed by atoms with Crippen molar-refractivity contribution in [2.75, 3.05) is 46.6 Å². The third-order valence-corrected chi connectivity index (χ3v) is 2.35. The molecule has 0 spiro atoms. The van der Waals surface area contributed by atoms with Gasteiger partial charge in [-0.15, -0.1) is 0 Å². The van der Waals surface area contributed by atoms with E-state index in [-0.39, 0.29) is 11.5 Å². The monoisotopic (exact) mass is 239 g/mol. The lowest BCUT2D eigenvalue weighted by atomic mass is 10.2. The molecular formula is C11H17N3O3. The molecule has 94 valence electrons. The number of carbonyl (C=O) groups excluding carboxylic acids is 1. The van der Waals surface area contributed by atoms with Gasteiger partial charge in [0.25, 0.3) is 5.91 Å². The van der Waals surface area contributed by atoms with E-state index in [4.69, 9.17) is 14.7 Å². The van der Waals surface area contributed by atoms with Gasteiger partial charge in [-0.3, -0.25) is 4.79 Å². The molecule has 0 aromatic carbocycles. The minimum atomic E-state index is -0.249. The lowest BCUT2D eigenvalue weighted by Crippen LogP contribution is -2.41. The van der Waals surface area contributed by atoms with Gasteiger partial charge in [-0.2, -0.15) is 5.26 Å². The van der Waals surface area contributed by atoms with E-state index in [1.165, 1.54) is 6.20 Å². The smallest absolute Gasteiger partial charge is 0.266 e. The molecule has 0 unspecified atom stereocenters. The first kappa shape index (κ1) is 13.5. The summed E-state index contributed by atoms with van der Waals surface area (Å²) in [7, 11) is 1.59. The third kappa shape index (κ3) is 4.43. The summed E-state index contributed by atoms with van der Waals surface area (Å²) in [6.07, 6.45) is 1.44. The van der Waals surface area contributed by atoms with E-state index >= 15 is 0 Å². The highest BCUT2D eigenvalue weighted by atomic mass is 16.5. The Morgan fingerprint density at radius 3 is 2.88 bits per heavy atom. The average molecular weight is 239 g/mol. The van der Waals surface area contributed by atoms with E-state index in [0.29, 0.717) is 39.5 Å². The van der Waals surface area contributed by atoms with Crippen LogP contribution in [0.4, 0.5) is 0 Å². The second-order valence-corrected chi connectivity index (χ2v) is 3.52. The van der Waals surface area contributed by atoms with Crippen LogP contribution in [0, 0.1) is 11.3 Å². The van der Waals surface area contributed by atoms with Crippen molar-refractivity contribution in [1.29, 1.82) is 5.26 Å². The second-order valence-electron chi connectivity index (χ2n) is 3.52. The van der Waals surface area contributed by atoms with Crippen molar-refractivity contribution < 1.29 is 14.3 Å². The van der Waals surface area contributed by atoms with Crippen molar-refractivity contribution in [3.63, 3.8) is 0 Å². The molecule has 1 aliphatic heterocycles. The van der Waals surface area contributed by atoms with Crippen LogP contribution in [0.3, 0.4) is 0 Å². The molecule has 6 heteroatoms. The Morgan fingerprint density at radius 2 is 2.29 bits per heavy atom. The molecule has 0 saturated carbocycles. The van der Waals surface area contributed by atoms with Crippen LogP contribution in [-0.2, 0) is 14.3 Å². The summed E-state index contributed by atoms with van der Waals surface area (Å²) in [5.41, 5.74) is 0.114. The van der Waals surface area contributed by atoms with Gasteiger partial charge in [0, 0.05) is 32.9 Å². The lowest BCUT2D eigenvalue weighted by molar-refractivity contribution is -0.130. The minimum absolute atomic E-state index is 0.114. The van der Waals surface area contributed by atoms with Gasteiger partial charge in [0.05, 0.1) is 19.8 Å². The summed E-state index contributed by atoms with van der Waals surface area (Å²) in [5, 5.41) is 11.8. The Kier molecular flexibility index (Phi) is 6.07. The summed E-state index contributed by atoms with van der Waals surface area (Å²) in [6.45, 7) is 3.23. The largest absolute Gasteiger partial charge is 0.387 e. The summed E-state index contributed by atoms with van der Waals surface area (Å²) in [5.74, 6) is -0.249. The molecule has 1 heterocycles. The molecule has 0 aromatic rings. The number of morpholine rings is 1. The number of nitrogens with zero attached hydrogens (tertiary/aromatic N) is 2. The van der Waals surface area contributed by atoms with Crippen molar-refractivity contribution in [3.05, 3.63) is 11.8 Å². The zero-order chi connectivity index (χ0) is 12.5. The minimum Gasteiger partial charge on any atom is -0.387 e. The fourth-order valence-electron chi connectivity index (χ4n) is 1.41. The van der Waals surface area contributed by atoms with Gasteiger partial charge in [-0.1, -0.05) is 0 Å². The first-order valence-corrected chi connectivity index (χ1v) is 5.49. The van der Waals surface area contributed by atoms with Crippen LogP contribution >= 0.6 is 0 Å². The fraction of sp³-hybridized carbons (Fsp3) is 0.636. The van der Waals surface area contributed by atoms with Crippen LogP contribution in [0.2, 0.25) is 0 Å². The molecule has 1 rings (SSSR count). The zero-order valence-corrected chi connectivity index (χ0v) is 9.94. The number of hydrogen-bond donors (Lipinski definition) is 1. The Morgan fingerprint density at radius 1 is 1.59 bits per heavy atom. The molecule has 0 atom stereocenters. The third-order valence-electron chi connectivity index (χ3n) is 2.35. The number of hydrogen-bond acceptors (Lipinski definition) is 5. The maximum atomic E-state index is 11.9. The predicted octanol–water partition coefficient (Wildman–Crippen LogP) is -0.511. The van der Waals surface area contributed by atoms with Crippen LogP contribution in [-0.4, -0.2) is 57.4 Å². The van der Waals surface area contributed by atoms with Crippen LogP contribution in [0.25, 0.3) is 0 Å². The SMILES string of the molecule is COCCN/C=C(/C#N)C(=O)N1CCOCC1. The van der Waals surface area contributed by atoms with Crippen LogP contribution < -0.4 is 5.32 Å². The van der Waals surface area contributed by atoms with Crippen LogP contribution in [0.1, 0.15) is 0 Å². The summed E-state index contributed by atoms with van der Waals surface area (Å²) in [6, 6.07) is 1.90. The predicted molar refractivity (Wildman–Crippen MR) is 61.0 cm³/mol. The molecule has 0 radical (unpaired) electrons. The normalized spacial score (nSPS) is 16.5. The van der Waals surface area contributed by atoms with Gasteiger partial charge in [0.15, 0.2) is 0 Å². The van der Waals surface area contributed by atoms with Crippen molar-refractivity contribution >= 4 is 5.91 Å². The molecule has 0 aromatic heterocycles. The van der Waals surface area contributed by atoms with E-state index in [9.17, 15) is 4.79 Å². The van der Waals surface area contributed by atoms with Crippen LogP contribution in [0.15, 0.2) is 11.8 Å². The molecule has 6 nitrogen and oxygen atoms in total. The molecule has 0 aliphatic carbocycles. The van der Waals surface area contributed by atoms with Gasteiger partial charge < -0.3 is 19.7 Å². The summed E-state index contributed by atoms with van der Waals surface area (Å²) in [4.78, 5) is 13.5. The Labute approximate surface area is 101 Å². The van der Waals surface area contributed by atoms with Crippen molar-refractivity contribution in [1.82, 2.24) is 10.2 Å². The van der Waals surface area contributed by atoms with Crippen molar-refractivity contribution in [2.24, 2.45) is 0 Å². The van der Waals surface area contributed by atoms with Crippen molar-refractivity contribution in [3.8, 4) is 6.07 Å². The number of amides is 1. The highest BCUT2D eigenvalue weighted by Gasteiger charge is 2.20. The summed E-state index contributed by atoms with van der Waals surface area (Å²) >= 11 is 0. The van der Waals surface area contributed by atoms with Crippen molar-refractivity contribution in [2.45, 2.75) is 0 Å². The molecular weight excluding hydrogens is 222 g/mol. The zero-order valence-electron chi connectivity index (χ0n) is 9.94. The molecule has 0 bridgehead atoms. The molecule has 1 fully saturated rings. The van der Waals surface area contributed by atoms with Gasteiger partial charge in [-0.05, 0) is 0 Å². The number of ether oxygens (including phenoxy) is 2. The number of rotatable bonds is 5. The highest BCUT2D eigenvalue weighted by Crippen LogP contribution is 2.03. The van der Waals surface area contributed by atoms with Crippen LogP contribution in [0.5, 0.6) is 0 Å². The van der Waals surface area contributed by atoms with Gasteiger partial charge in [0.2, 0.25) is 0 Å². The fourth-order valence-corrected chi connectivity index (χ4v) is 1.41. The summed E-state index contributed by atoms with van der Waals surface area (Å²) < 4.78 is 10.00. The number of methoxy groups -OCH3 is 1.